The van der Waals surface area contributed by atoms with Crippen LogP contribution in [0.3, 0.4) is 0 Å². The molecule has 0 fully saturated rings. The highest BCUT2D eigenvalue weighted by Crippen LogP contribution is 2.38. The molecule has 0 spiro atoms. The molecule has 198 valence electrons. The van der Waals surface area contributed by atoms with Crippen LogP contribution in [0, 0.1) is 17.1 Å². The van der Waals surface area contributed by atoms with Crippen LogP contribution < -0.4 is 9.46 Å². The molecule has 1 aromatic carbocycles. The zero-order valence-electron chi connectivity index (χ0n) is 19.0. The number of ether oxygens (including phenoxy) is 1. The monoisotopic (exact) mass is 555 g/mol. The van der Waals surface area contributed by atoms with Crippen molar-refractivity contribution < 1.29 is 39.5 Å². The lowest BCUT2D eigenvalue weighted by molar-refractivity contribution is -0.147. The molecule has 0 aliphatic heterocycles. The lowest BCUT2D eigenvalue weighted by Crippen LogP contribution is -2.42. The van der Waals surface area contributed by atoms with Gasteiger partial charge >= 0.3 is 12.8 Å². The molecule has 0 saturated heterocycles. The maximum Gasteiger partial charge on any atom is 0.404 e. The molecule has 0 aliphatic rings. The number of alkyl halides is 5. The Morgan fingerprint density at radius 1 is 1.13 bits per heavy atom. The van der Waals surface area contributed by atoms with Gasteiger partial charge < -0.3 is 4.74 Å². The first-order valence-corrected chi connectivity index (χ1v) is 12.0. The molecule has 0 saturated carbocycles. The topological polar surface area (TPSA) is 110 Å². The van der Waals surface area contributed by atoms with E-state index in [-0.39, 0.29) is 33.7 Å². The number of halogens is 6. The van der Waals surface area contributed by atoms with E-state index >= 15 is 0 Å². The Balaban J connectivity index is 1.92. The van der Waals surface area contributed by atoms with Gasteiger partial charge in [0.05, 0.1) is 22.5 Å². The van der Waals surface area contributed by atoms with E-state index in [0.29, 0.717) is 6.92 Å². The molecule has 4 aromatic rings. The predicted octanol–water partition coefficient (Wildman–Crippen LogP) is 4.93. The Kier molecular flexibility index (Phi) is 7.04. The van der Waals surface area contributed by atoms with E-state index in [2.05, 4.69) is 14.7 Å². The summed E-state index contributed by atoms with van der Waals surface area (Å²) in [6, 6.07) is 8.09. The third-order valence-electron chi connectivity index (χ3n) is 5.34. The summed E-state index contributed by atoms with van der Waals surface area (Å²) in [5.41, 5.74) is -0.148. The molecule has 4 rings (SSSR count). The SMILES string of the molecule is CC(NS(=O)(=O)c1ccc(-c2c(C#N)c3cc(F)c(OC(F)F)cc3n2-c2ccccn2)nc1)C(F)(F)F. The average molecular weight is 555 g/mol. The third-order valence-corrected chi connectivity index (χ3v) is 6.87. The standard InChI is InChI=1S/C23H15F6N5O3S/c1-12(23(27,28)29)33-38(35,36)13-5-6-17(32-11-13)21-15(10-30)14-8-16(24)19(37-22(25)26)9-18(14)34(21)20-4-2-3-7-31-20/h2-9,11-12,22,33H,1H3. The quantitative estimate of drug-likeness (QED) is 0.324. The Bertz CT molecular complexity index is 1630. The highest BCUT2D eigenvalue weighted by molar-refractivity contribution is 7.89. The van der Waals surface area contributed by atoms with Gasteiger partial charge in [-0.1, -0.05) is 6.07 Å². The molecule has 38 heavy (non-hydrogen) atoms. The van der Waals surface area contributed by atoms with Crippen molar-refractivity contribution in [2.75, 3.05) is 0 Å². The molecule has 1 unspecified atom stereocenters. The van der Waals surface area contributed by atoms with Crippen LogP contribution in [0.4, 0.5) is 26.3 Å². The van der Waals surface area contributed by atoms with Crippen LogP contribution in [0.25, 0.3) is 28.1 Å². The first-order valence-electron chi connectivity index (χ1n) is 10.5. The molecule has 1 atom stereocenters. The zero-order valence-corrected chi connectivity index (χ0v) is 19.9. The summed E-state index contributed by atoms with van der Waals surface area (Å²) in [4.78, 5) is 7.62. The number of hydrogen-bond donors (Lipinski definition) is 1. The van der Waals surface area contributed by atoms with Gasteiger partial charge in [0, 0.05) is 23.8 Å². The van der Waals surface area contributed by atoms with Crippen molar-refractivity contribution in [3.05, 3.63) is 66.2 Å². The van der Waals surface area contributed by atoms with Crippen molar-refractivity contribution in [1.29, 1.82) is 5.26 Å². The van der Waals surface area contributed by atoms with Gasteiger partial charge in [-0.2, -0.15) is 31.9 Å². The number of pyridine rings is 2. The van der Waals surface area contributed by atoms with Crippen molar-refractivity contribution in [3.8, 4) is 29.0 Å². The molecule has 3 aromatic heterocycles. The van der Waals surface area contributed by atoms with Crippen LogP contribution >= 0.6 is 0 Å². The van der Waals surface area contributed by atoms with Gasteiger partial charge in [-0.05, 0) is 37.3 Å². The Morgan fingerprint density at radius 2 is 1.87 bits per heavy atom. The Hall–Kier alpha value is -4.16. The maximum atomic E-state index is 14.6. The van der Waals surface area contributed by atoms with Crippen molar-refractivity contribution in [2.24, 2.45) is 0 Å². The molecular weight excluding hydrogens is 540 g/mol. The van der Waals surface area contributed by atoms with E-state index in [1.807, 2.05) is 6.07 Å². The minimum atomic E-state index is -4.83. The van der Waals surface area contributed by atoms with Gasteiger partial charge in [0.25, 0.3) is 0 Å². The van der Waals surface area contributed by atoms with Crippen LogP contribution in [0.15, 0.2) is 59.8 Å². The molecular formula is C23H15F6N5O3S. The molecule has 3 heterocycles. The van der Waals surface area contributed by atoms with E-state index in [9.17, 15) is 40.0 Å². The summed E-state index contributed by atoms with van der Waals surface area (Å²) in [6.07, 6.45) is -2.64. The van der Waals surface area contributed by atoms with E-state index in [4.69, 9.17) is 0 Å². The smallest absolute Gasteiger partial charge is 0.404 e. The number of aromatic nitrogens is 3. The van der Waals surface area contributed by atoms with Crippen molar-refractivity contribution in [1.82, 2.24) is 19.3 Å². The number of nitrogens with one attached hydrogen (secondary N) is 1. The van der Waals surface area contributed by atoms with Crippen molar-refractivity contribution in [2.45, 2.75) is 30.6 Å². The average Bonchev–Trinajstić information content (AvgIpc) is 3.16. The van der Waals surface area contributed by atoms with Crippen LogP contribution in [0.5, 0.6) is 5.75 Å². The van der Waals surface area contributed by atoms with Gasteiger partial charge in [-0.25, -0.2) is 17.8 Å². The lowest BCUT2D eigenvalue weighted by Gasteiger charge is -2.17. The number of nitriles is 1. The fourth-order valence-corrected chi connectivity index (χ4v) is 4.77. The van der Waals surface area contributed by atoms with Crippen LogP contribution in [0.2, 0.25) is 0 Å². The number of benzene rings is 1. The summed E-state index contributed by atoms with van der Waals surface area (Å²) >= 11 is 0. The van der Waals surface area contributed by atoms with E-state index < -0.39 is 45.3 Å². The summed E-state index contributed by atoms with van der Waals surface area (Å²) in [6.45, 7) is -2.70. The first-order chi connectivity index (χ1) is 17.8. The molecule has 0 amide bonds. The van der Waals surface area contributed by atoms with E-state index in [1.165, 1.54) is 21.6 Å². The van der Waals surface area contributed by atoms with Crippen LogP contribution in [-0.2, 0) is 10.0 Å². The molecule has 0 aliphatic carbocycles. The second kappa shape index (κ2) is 9.95. The van der Waals surface area contributed by atoms with Crippen LogP contribution in [-0.4, -0.2) is 41.8 Å². The molecule has 8 nitrogen and oxygen atoms in total. The highest BCUT2D eigenvalue weighted by atomic mass is 32.2. The molecule has 1 N–H and O–H groups in total. The number of nitrogens with zero attached hydrogens (tertiary/aromatic N) is 4. The normalized spacial score (nSPS) is 13.0. The molecule has 0 radical (unpaired) electrons. The second-order valence-electron chi connectivity index (χ2n) is 7.80. The number of sulfonamides is 1. The van der Waals surface area contributed by atoms with Gasteiger partial charge in [0.1, 0.15) is 22.8 Å². The van der Waals surface area contributed by atoms with Crippen LogP contribution in [0.1, 0.15) is 12.5 Å². The van der Waals surface area contributed by atoms with Gasteiger partial charge in [-0.3, -0.25) is 9.55 Å². The van der Waals surface area contributed by atoms with Gasteiger partial charge in [-0.15, -0.1) is 0 Å². The Labute approximate surface area is 211 Å². The van der Waals surface area contributed by atoms with Gasteiger partial charge in [0.15, 0.2) is 11.6 Å². The maximum absolute atomic E-state index is 14.6. The van der Waals surface area contributed by atoms with Crippen molar-refractivity contribution in [3.63, 3.8) is 0 Å². The minimum absolute atomic E-state index is 0.00429. The fourth-order valence-electron chi connectivity index (χ4n) is 3.60. The van der Waals surface area contributed by atoms with Crippen molar-refractivity contribution >= 4 is 20.9 Å². The molecule has 15 heteroatoms. The Morgan fingerprint density at radius 3 is 2.42 bits per heavy atom. The highest BCUT2D eigenvalue weighted by Gasteiger charge is 2.39. The zero-order chi connectivity index (χ0) is 27.8. The first kappa shape index (κ1) is 26.9. The predicted molar refractivity (Wildman–Crippen MR) is 121 cm³/mol. The third kappa shape index (κ3) is 5.13. The lowest BCUT2D eigenvalue weighted by atomic mass is 10.1. The molecule has 0 bridgehead atoms. The van der Waals surface area contributed by atoms with E-state index in [0.717, 1.165) is 30.5 Å². The van der Waals surface area contributed by atoms with Gasteiger partial charge in [0.2, 0.25) is 10.0 Å². The largest absolute Gasteiger partial charge is 0.432 e. The van der Waals surface area contributed by atoms with E-state index in [1.54, 1.807) is 12.1 Å². The minimum Gasteiger partial charge on any atom is -0.432 e. The summed E-state index contributed by atoms with van der Waals surface area (Å²) in [7, 11) is -4.62. The number of rotatable bonds is 7. The fraction of sp³-hybridized carbons (Fsp3) is 0.174. The summed E-state index contributed by atoms with van der Waals surface area (Å²) in [5, 5.41) is 9.90. The summed E-state index contributed by atoms with van der Waals surface area (Å²) < 4.78 is 111. The number of fused-ring (bicyclic) bond motifs is 1. The second-order valence-corrected chi connectivity index (χ2v) is 9.51. The number of hydrogen-bond acceptors (Lipinski definition) is 6. The summed E-state index contributed by atoms with van der Waals surface area (Å²) in [5.74, 6) is -1.79.